The number of aromatic nitrogens is 3. The highest BCUT2D eigenvalue weighted by atomic mass is 16.5. The number of carbonyl (C=O) groups is 1. The Balaban J connectivity index is 1.75. The number of ether oxygens (including phenoxy) is 1. The van der Waals surface area contributed by atoms with Gasteiger partial charge in [-0.25, -0.2) is 9.50 Å². The van der Waals surface area contributed by atoms with Crippen molar-refractivity contribution in [1.29, 1.82) is 0 Å². The fraction of sp³-hybridized carbons (Fsp3) is 0.174. The first-order valence-electron chi connectivity index (χ1n) is 9.60. The van der Waals surface area contributed by atoms with Crippen LogP contribution in [0.3, 0.4) is 0 Å². The summed E-state index contributed by atoms with van der Waals surface area (Å²) in [6.45, 7) is 5.86. The van der Waals surface area contributed by atoms with Gasteiger partial charge in [-0.1, -0.05) is 17.7 Å². The van der Waals surface area contributed by atoms with Crippen LogP contribution in [0.15, 0.2) is 54.6 Å². The van der Waals surface area contributed by atoms with Crippen molar-refractivity contribution in [2.75, 3.05) is 17.7 Å². The number of fused-ring (bicyclic) bond motifs is 1. The molecule has 4 rings (SSSR count). The summed E-state index contributed by atoms with van der Waals surface area (Å²) in [7, 11) is 1.63. The highest BCUT2D eigenvalue weighted by Crippen LogP contribution is 2.30. The van der Waals surface area contributed by atoms with Gasteiger partial charge in [0.25, 0.3) is 5.91 Å². The van der Waals surface area contributed by atoms with Crippen LogP contribution in [0.2, 0.25) is 0 Å². The molecule has 1 amide bonds. The maximum Gasteiger partial charge on any atom is 0.255 e. The van der Waals surface area contributed by atoms with E-state index in [2.05, 4.69) is 20.7 Å². The first kappa shape index (κ1) is 19.4. The van der Waals surface area contributed by atoms with Crippen LogP contribution in [-0.4, -0.2) is 27.6 Å². The number of aryl methyl sites for hydroxylation is 3. The van der Waals surface area contributed by atoms with Crippen molar-refractivity contribution in [1.82, 2.24) is 14.6 Å². The van der Waals surface area contributed by atoms with Crippen LogP contribution in [-0.2, 0) is 0 Å². The standard InChI is InChI=1S/C23H23N5O2/c1-14-5-7-17(8-6-14)23(29)26-20-21(25-18-9-11-19(30-4)12-10-18)27-28-16(3)13-15(2)24-22(20)28/h5-13H,1-4H3,(H,25,27)(H,26,29). The molecule has 2 N–H and O–H groups in total. The predicted molar refractivity (Wildman–Crippen MR) is 118 cm³/mol. The van der Waals surface area contributed by atoms with E-state index in [1.807, 2.05) is 63.2 Å². The van der Waals surface area contributed by atoms with E-state index >= 15 is 0 Å². The van der Waals surface area contributed by atoms with Crippen molar-refractivity contribution in [3.63, 3.8) is 0 Å². The molecule has 7 nitrogen and oxygen atoms in total. The largest absolute Gasteiger partial charge is 0.497 e. The zero-order valence-corrected chi connectivity index (χ0v) is 17.4. The molecule has 2 heterocycles. The van der Waals surface area contributed by atoms with Crippen LogP contribution >= 0.6 is 0 Å². The summed E-state index contributed by atoms with van der Waals surface area (Å²) < 4.78 is 6.94. The molecule has 30 heavy (non-hydrogen) atoms. The summed E-state index contributed by atoms with van der Waals surface area (Å²) in [6, 6.07) is 16.9. The van der Waals surface area contributed by atoms with Gasteiger partial charge < -0.3 is 15.4 Å². The van der Waals surface area contributed by atoms with Crippen LogP contribution < -0.4 is 15.4 Å². The van der Waals surface area contributed by atoms with Gasteiger partial charge in [-0.2, -0.15) is 0 Å². The number of benzene rings is 2. The van der Waals surface area contributed by atoms with E-state index in [1.54, 1.807) is 23.8 Å². The van der Waals surface area contributed by atoms with Crippen LogP contribution in [0.25, 0.3) is 5.65 Å². The van der Waals surface area contributed by atoms with Crippen LogP contribution in [0.1, 0.15) is 27.3 Å². The molecule has 4 aromatic rings. The average Bonchev–Trinajstić information content (AvgIpc) is 3.06. The minimum atomic E-state index is -0.219. The molecule has 0 spiro atoms. The number of hydrogen-bond acceptors (Lipinski definition) is 5. The smallest absolute Gasteiger partial charge is 0.255 e. The van der Waals surface area contributed by atoms with E-state index in [1.165, 1.54) is 0 Å². The molecule has 0 bridgehead atoms. The minimum absolute atomic E-state index is 0.219. The Hall–Kier alpha value is -3.87. The molecule has 0 radical (unpaired) electrons. The number of hydrogen-bond donors (Lipinski definition) is 2. The van der Waals surface area contributed by atoms with Gasteiger partial charge in [-0.15, -0.1) is 5.10 Å². The Morgan fingerprint density at radius 3 is 2.37 bits per heavy atom. The van der Waals surface area contributed by atoms with E-state index < -0.39 is 0 Å². The van der Waals surface area contributed by atoms with Gasteiger partial charge in [0.2, 0.25) is 0 Å². The Morgan fingerprint density at radius 2 is 1.70 bits per heavy atom. The van der Waals surface area contributed by atoms with Crippen molar-refractivity contribution in [3.8, 4) is 5.75 Å². The lowest BCUT2D eigenvalue weighted by atomic mass is 10.1. The molecule has 0 atom stereocenters. The molecule has 0 saturated carbocycles. The van der Waals surface area contributed by atoms with E-state index in [0.29, 0.717) is 22.7 Å². The van der Waals surface area contributed by atoms with E-state index in [0.717, 1.165) is 28.4 Å². The summed E-state index contributed by atoms with van der Waals surface area (Å²) in [4.78, 5) is 17.5. The number of nitrogens with zero attached hydrogens (tertiary/aromatic N) is 3. The Kier molecular flexibility index (Phi) is 5.10. The maximum absolute atomic E-state index is 12.9. The first-order chi connectivity index (χ1) is 14.4. The number of anilines is 3. The second-order valence-electron chi connectivity index (χ2n) is 7.17. The summed E-state index contributed by atoms with van der Waals surface area (Å²) in [5.41, 5.74) is 5.37. The highest BCUT2D eigenvalue weighted by Gasteiger charge is 2.19. The third-order valence-corrected chi connectivity index (χ3v) is 4.80. The van der Waals surface area contributed by atoms with Crippen molar-refractivity contribution in [2.45, 2.75) is 20.8 Å². The third-order valence-electron chi connectivity index (χ3n) is 4.80. The first-order valence-corrected chi connectivity index (χ1v) is 9.60. The minimum Gasteiger partial charge on any atom is -0.497 e. The summed E-state index contributed by atoms with van der Waals surface area (Å²) in [5.74, 6) is 1.06. The zero-order valence-electron chi connectivity index (χ0n) is 17.4. The van der Waals surface area contributed by atoms with Gasteiger partial charge in [0.15, 0.2) is 11.5 Å². The van der Waals surface area contributed by atoms with Crippen molar-refractivity contribution in [3.05, 3.63) is 77.1 Å². The summed E-state index contributed by atoms with van der Waals surface area (Å²) >= 11 is 0. The van der Waals surface area contributed by atoms with E-state index in [9.17, 15) is 4.79 Å². The van der Waals surface area contributed by atoms with E-state index in [4.69, 9.17) is 4.74 Å². The molecule has 0 aliphatic heterocycles. The normalized spacial score (nSPS) is 10.8. The lowest BCUT2D eigenvalue weighted by molar-refractivity contribution is 0.102. The quantitative estimate of drug-likeness (QED) is 0.508. The molecule has 0 aliphatic rings. The fourth-order valence-electron chi connectivity index (χ4n) is 3.23. The second-order valence-corrected chi connectivity index (χ2v) is 7.17. The molecular formula is C23H23N5O2. The SMILES string of the molecule is COc1ccc(Nc2nn3c(C)cc(C)nc3c2NC(=O)c2ccc(C)cc2)cc1. The number of nitrogens with one attached hydrogen (secondary N) is 2. The number of carbonyl (C=O) groups excluding carboxylic acids is 1. The molecule has 0 fully saturated rings. The lowest BCUT2D eigenvalue weighted by Crippen LogP contribution is -2.13. The van der Waals surface area contributed by atoms with Gasteiger partial charge in [0.05, 0.1) is 7.11 Å². The molecule has 0 saturated heterocycles. The Bertz CT molecular complexity index is 1210. The Labute approximate surface area is 174 Å². The number of methoxy groups -OCH3 is 1. The van der Waals surface area contributed by atoms with Gasteiger partial charge in [-0.05, 0) is 63.2 Å². The van der Waals surface area contributed by atoms with Gasteiger partial charge in [0, 0.05) is 22.6 Å². The topological polar surface area (TPSA) is 80.6 Å². The molecular weight excluding hydrogens is 378 g/mol. The molecule has 7 heteroatoms. The zero-order chi connectivity index (χ0) is 21.3. The molecule has 2 aromatic heterocycles. The van der Waals surface area contributed by atoms with Crippen LogP contribution in [0.5, 0.6) is 5.75 Å². The summed E-state index contributed by atoms with van der Waals surface area (Å²) in [6.07, 6.45) is 0. The Morgan fingerprint density at radius 1 is 1.00 bits per heavy atom. The predicted octanol–water partition coefficient (Wildman–Crippen LogP) is 4.66. The monoisotopic (exact) mass is 401 g/mol. The van der Waals surface area contributed by atoms with Crippen LogP contribution in [0.4, 0.5) is 17.2 Å². The third kappa shape index (κ3) is 3.82. The van der Waals surface area contributed by atoms with Crippen molar-refractivity contribution < 1.29 is 9.53 Å². The van der Waals surface area contributed by atoms with Crippen molar-refractivity contribution in [2.24, 2.45) is 0 Å². The number of amides is 1. The highest BCUT2D eigenvalue weighted by molar-refractivity contribution is 6.08. The maximum atomic E-state index is 12.9. The molecule has 2 aromatic carbocycles. The van der Waals surface area contributed by atoms with Crippen LogP contribution in [0, 0.1) is 20.8 Å². The average molecular weight is 401 g/mol. The lowest BCUT2D eigenvalue weighted by Gasteiger charge is -2.09. The second kappa shape index (κ2) is 7.87. The van der Waals surface area contributed by atoms with Gasteiger partial charge in [-0.3, -0.25) is 4.79 Å². The van der Waals surface area contributed by atoms with Gasteiger partial charge >= 0.3 is 0 Å². The molecule has 0 unspecified atom stereocenters. The van der Waals surface area contributed by atoms with E-state index in [-0.39, 0.29) is 5.91 Å². The summed E-state index contributed by atoms with van der Waals surface area (Å²) in [5, 5.41) is 10.9. The number of rotatable bonds is 5. The van der Waals surface area contributed by atoms with Crippen molar-refractivity contribution >= 4 is 28.7 Å². The van der Waals surface area contributed by atoms with Gasteiger partial charge in [0.1, 0.15) is 11.4 Å². The molecule has 0 aliphatic carbocycles. The fourth-order valence-corrected chi connectivity index (χ4v) is 3.23. The molecule has 152 valence electrons.